The first-order valence-electron chi connectivity index (χ1n) is 9.08. The van der Waals surface area contributed by atoms with Gasteiger partial charge in [0.05, 0.1) is 11.8 Å². The number of anilines is 1. The largest absolute Gasteiger partial charge is 0.320 e. The summed E-state index contributed by atoms with van der Waals surface area (Å²) >= 11 is 11.9. The third kappa shape index (κ3) is 5.23. The molecule has 0 bridgehead atoms. The highest BCUT2D eigenvalue weighted by molar-refractivity contribution is 6.35. The zero-order valence-corrected chi connectivity index (χ0v) is 16.4. The minimum atomic E-state index is -1.02. The van der Waals surface area contributed by atoms with Crippen molar-refractivity contribution in [1.29, 1.82) is 5.26 Å². The second-order valence-corrected chi connectivity index (χ2v) is 7.68. The first-order chi connectivity index (χ1) is 13.1. The Labute approximate surface area is 169 Å². The SMILES string of the molecule is N#CC(NNc1cc(Cl)cc(Cl)c1)C(=O)c1ccc(C2CCCCC2)cc1. The van der Waals surface area contributed by atoms with Gasteiger partial charge in [0.25, 0.3) is 0 Å². The Morgan fingerprint density at radius 1 is 1.04 bits per heavy atom. The molecule has 1 fully saturated rings. The molecule has 1 saturated carbocycles. The lowest BCUT2D eigenvalue weighted by Crippen LogP contribution is -2.39. The first-order valence-corrected chi connectivity index (χ1v) is 9.84. The Bertz CT molecular complexity index is 819. The van der Waals surface area contributed by atoms with E-state index in [9.17, 15) is 10.1 Å². The van der Waals surface area contributed by atoms with Crippen molar-refractivity contribution in [2.24, 2.45) is 0 Å². The molecule has 6 heteroatoms. The van der Waals surface area contributed by atoms with Crippen LogP contribution in [0.2, 0.25) is 10.0 Å². The van der Waals surface area contributed by atoms with E-state index in [2.05, 4.69) is 10.9 Å². The van der Waals surface area contributed by atoms with Crippen LogP contribution in [0.15, 0.2) is 42.5 Å². The van der Waals surface area contributed by atoms with Crippen LogP contribution in [0.5, 0.6) is 0 Å². The quantitative estimate of drug-likeness (QED) is 0.478. The predicted octanol–water partition coefficient (Wildman–Crippen LogP) is 5.73. The number of benzene rings is 2. The van der Waals surface area contributed by atoms with Gasteiger partial charge in [0, 0.05) is 15.6 Å². The van der Waals surface area contributed by atoms with Gasteiger partial charge in [0.1, 0.15) is 0 Å². The highest BCUT2D eigenvalue weighted by atomic mass is 35.5. The van der Waals surface area contributed by atoms with Crippen molar-refractivity contribution in [2.75, 3.05) is 5.43 Å². The normalized spacial score (nSPS) is 15.7. The number of hydrogen-bond donors (Lipinski definition) is 2. The molecule has 1 aliphatic carbocycles. The summed E-state index contributed by atoms with van der Waals surface area (Å²) in [5, 5.41) is 10.3. The molecule has 1 aliphatic rings. The van der Waals surface area contributed by atoms with Crippen LogP contribution in [0.3, 0.4) is 0 Å². The van der Waals surface area contributed by atoms with Crippen LogP contribution in [0.4, 0.5) is 5.69 Å². The Morgan fingerprint density at radius 2 is 1.67 bits per heavy atom. The van der Waals surface area contributed by atoms with Gasteiger partial charge < -0.3 is 5.43 Å². The number of carbonyl (C=O) groups excluding carboxylic acids is 1. The fourth-order valence-corrected chi connectivity index (χ4v) is 3.99. The summed E-state index contributed by atoms with van der Waals surface area (Å²) < 4.78 is 0. The van der Waals surface area contributed by atoms with E-state index < -0.39 is 6.04 Å². The van der Waals surface area contributed by atoms with E-state index in [0.29, 0.717) is 27.2 Å². The highest BCUT2D eigenvalue weighted by Gasteiger charge is 2.21. The van der Waals surface area contributed by atoms with Crippen LogP contribution in [0, 0.1) is 11.3 Å². The summed E-state index contributed by atoms with van der Waals surface area (Å²) in [5.74, 6) is 0.301. The second-order valence-electron chi connectivity index (χ2n) is 6.81. The average molecular weight is 402 g/mol. The Hall–Kier alpha value is -2.06. The molecule has 0 heterocycles. The van der Waals surface area contributed by atoms with Gasteiger partial charge in [0.2, 0.25) is 0 Å². The Kier molecular flexibility index (Phi) is 6.73. The van der Waals surface area contributed by atoms with Gasteiger partial charge in [0.15, 0.2) is 11.8 Å². The maximum absolute atomic E-state index is 12.6. The van der Waals surface area contributed by atoms with E-state index in [-0.39, 0.29) is 5.78 Å². The molecule has 0 saturated heterocycles. The minimum Gasteiger partial charge on any atom is -0.320 e. The molecule has 4 nitrogen and oxygen atoms in total. The lowest BCUT2D eigenvalue weighted by Gasteiger charge is -2.22. The van der Waals surface area contributed by atoms with Crippen LogP contribution in [0.25, 0.3) is 0 Å². The molecule has 27 heavy (non-hydrogen) atoms. The van der Waals surface area contributed by atoms with E-state index in [1.54, 1.807) is 18.2 Å². The van der Waals surface area contributed by atoms with Crippen molar-refractivity contribution in [3.05, 3.63) is 63.6 Å². The van der Waals surface area contributed by atoms with E-state index in [0.717, 1.165) is 0 Å². The molecular weight excluding hydrogens is 381 g/mol. The third-order valence-electron chi connectivity index (χ3n) is 4.89. The Balaban J connectivity index is 1.64. The summed E-state index contributed by atoms with van der Waals surface area (Å²) in [4.78, 5) is 12.6. The molecule has 140 valence electrons. The number of ketones is 1. The molecular formula is C21H21Cl2N3O. The van der Waals surface area contributed by atoms with Crippen molar-refractivity contribution in [2.45, 2.75) is 44.1 Å². The first kappa shape index (κ1) is 19.7. The lowest BCUT2D eigenvalue weighted by molar-refractivity contribution is 0.0969. The number of hydrazine groups is 1. The van der Waals surface area contributed by atoms with E-state index >= 15 is 0 Å². The molecule has 2 aromatic rings. The average Bonchev–Trinajstić information content (AvgIpc) is 2.68. The molecule has 1 atom stereocenters. The number of nitriles is 1. The summed E-state index contributed by atoms with van der Waals surface area (Å²) in [6.07, 6.45) is 6.27. The standard InChI is InChI=1S/C21H21Cl2N3O/c22-17-10-18(23)12-19(11-17)25-26-20(13-24)21(27)16-8-6-15(7-9-16)14-4-2-1-3-5-14/h6-12,14,20,25-26H,1-5H2. The molecule has 0 spiro atoms. The predicted molar refractivity (Wildman–Crippen MR) is 109 cm³/mol. The summed E-state index contributed by atoms with van der Waals surface area (Å²) in [6.45, 7) is 0. The van der Waals surface area contributed by atoms with Gasteiger partial charge in [-0.05, 0) is 42.5 Å². The van der Waals surface area contributed by atoms with Crippen LogP contribution in [-0.2, 0) is 0 Å². The summed E-state index contributed by atoms with van der Waals surface area (Å²) in [7, 11) is 0. The molecule has 0 aliphatic heterocycles. The molecule has 1 unspecified atom stereocenters. The molecule has 0 amide bonds. The van der Waals surface area contributed by atoms with Crippen molar-refractivity contribution in [1.82, 2.24) is 5.43 Å². The number of nitrogens with zero attached hydrogens (tertiary/aromatic N) is 1. The van der Waals surface area contributed by atoms with Gasteiger partial charge >= 0.3 is 0 Å². The molecule has 2 N–H and O–H groups in total. The maximum Gasteiger partial charge on any atom is 0.195 e. The molecule has 3 rings (SSSR count). The van der Waals surface area contributed by atoms with Crippen LogP contribution >= 0.6 is 23.2 Å². The van der Waals surface area contributed by atoms with E-state index in [1.807, 2.05) is 30.3 Å². The summed E-state index contributed by atoms with van der Waals surface area (Å²) in [5.41, 5.74) is 7.94. The van der Waals surface area contributed by atoms with Crippen molar-refractivity contribution in [3.8, 4) is 6.07 Å². The monoisotopic (exact) mass is 401 g/mol. The number of rotatable bonds is 6. The summed E-state index contributed by atoms with van der Waals surface area (Å²) in [6, 6.07) is 13.5. The minimum absolute atomic E-state index is 0.284. The van der Waals surface area contributed by atoms with E-state index in [1.165, 1.54) is 37.7 Å². The highest BCUT2D eigenvalue weighted by Crippen LogP contribution is 2.32. The van der Waals surface area contributed by atoms with Gasteiger partial charge in [-0.1, -0.05) is 66.7 Å². The fourth-order valence-electron chi connectivity index (χ4n) is 3.46. The van der Waals surface area contributed by atoms with Crippen molar-refractivity contribution in [3.63, 3.8) is 0 Å². The number of carbonyl (C=O) groups is 1. The second kappa shape index (κ2) is 9.23. The zero-order chi connectivity index (χ0) is 19.2. The number of halogens is 2. The number of nitrogens with one attached hydrogen (secondary N) is 2. The van der Waals surface area contributed by atoms with E-state index in [4.69, 9.17) is 23.2 Å². The van der Waals surface area contributed by atoms with Crippen LogP contribution in [-0.4, -0.2) is 11.8 Å². The van der Waals surface area contributed by atoms with Gasteiger partial charge in [-0.25, -0.2) is 5.43 Å². The molecule has 0 aromatic heterocycles. The number of hydrogen-bond acceptors (Lipinski definition) is 4. The van der Waals surface area contributed by atoms with Gasteiger partial charge in [-0.2, -0.15) is 5.26 Å². The van der Waals surface area contributed by atoms with Crippen molar-refractivity contribution < 1.29 is 4.79 Å². The Morgan fingerprint density at radius 3 is 2.26 bits per heavy atom. The molecule has 2 aromatic carbocycles. The molecule has 0 radical (unpaired) electrons. The van der Waals surface area contributed by atoms with Crippen molar-refractivity contribution >= 4 is 34.7 Å². The van der Waals surface area contributed by atoms with Crippen LogP contribution in [0.1, 0.15) is 53.9 Å². The van der Waals surface area contributed by atoms with Gasteiger partial charge in [-0.15, -0.1) is 0 Å². The van der Waals surface area contributed by atoms with Gasteiger partial charge in [-0.3, -0.25) is 4.79 Å². The number of Topliss-reactive ketones (excluding diaryl/α,β-unsaturated/α-hetero) is 1. The van der Waals surface area contributed by atoms with Crippen LogP contribution < -0.4 is 10.9 Å². The smallest absolute Gasteiger partial charge is 0.195 e. The zero-order valence-electron chi connectivity index (χ0n) is 14.8. The third-order valence-corrected chi connectivity index (χ3v) is 5.32. The maximum atomic E-state index is 12.6. The lowest BCUT2D eigenvalue weighted by atomic mass is 9.84. The topological polar surface area (TPSA) is 64.9 Å². The fraction of sp³-hybridized carbons (Fsp3) is 0.333.